The van der Waals surface area contributed by atoms with Crippen LogP contribution in [0.5, 0.6) is 0 Å². The lowest BCUT2D eigenvalue weighted by Crippen LogP contribution is -2.17. The average molecular weight is 341 g/mol. The summed E-state index contributed by atoms with van der Waals surface area (Å²) in [6.07, 6.45) is -1.11. The molecule has 0 saturated carbocycles. The fourth-order valence-corrected chi connectivity index (χ4v) is 2.54. The first-order valence-corrected chi connectivity index (χ1v) is 7.93. The highest BCUT2D eigenvalue weighted by Gasteiger charge is 2.08. The molecule has 0 aliphatic heterocycles. The number of hydrogen-bond donors (Lipinski definition) is 3. The Bertz CT molecular complexity index is 886. The second kappa shape index (κ2) is 7.46. The topological polar surface area (TPSA) is 94.4 Å². The Hall–Kier alpha value is -2.70. The van der Waals surface area contributed by atoms with E-state index in [1.807, 2.05) is 42.5 Å². The van der Waals surface area contributed by atoms with E-state index in [1.54, 1.807) is 6.07 Å². The van der Waals surface area contributed by atoms with E-state index in [2.05, 4.69) is 4.98 Å². The fourth-order valence-electron chi connectivity index (χ4n) is 2.54. The van der Waals surface area contributed by atoms with Crippen molar-refractivity contribution < 1.29 is 14.2 Å². The normalized spacial score (nSPS) is 12.4. The number of pyridine rings is 1. The van der Waals surface area contributed by atoms with Crippen LogP contribution in [0.3, 0.4) is 0 Å². The molecule has 1 atom stereocenters. The van der Waals surface area contributed by atoms with Gasteiger partial charge in [-0.05, 0) is 36.4 Å². The number of aliphatic hydroxyl groups is 1. The lowest BCUT2D eigenvalue weighted by molar-refractivity contribution is 0.0170. The minimum absolute atomic E-state index is 0.0736. The molecule has 0 amide bonds. The molecule has 1 unspecified atom stereocenters. The molecule has 0 bridgehead atoms. The molecule has 0 radical (unpaired) electrons. The smallest absolute Gasteiger partial charge is 0.118 e. The van der Waals surface area contributed by atoms with Gasteiger partial charge in [-0.1, -0.05) is 12.1 Å². The molecule has 3 aromatic rings. The number of fused-ring (bicyclic) bond motifs is 1. The molecule has 5 N–H and O–H groups in total. The first-order chi connectivity index (χ1) is 12.1. The van der Waals surface area contributed by atoms with Gasteiger partial charge in [0.2, 0.25) is 0 Å². The number of nitrogens with two attached hydrogens (primary N) is 2. The van der Waals surface area contributed by atoms with Crippen molar-refractivity contribution in [2.45, 2.75) is 12.7 Å². The number of nitrogens with zero attached hydrogens (tertiary/aromatic N) is 1. The van der Waals surface area contributed by atoms with Crippen LogP contribution in [0.2, 0.25) is 0 Å². The van der Waals surface area contributed by atoms with E-state index in [1.165, 1.54) is 0 Å². The van der Waals surface area contributed by atoms with Gasteiger partial charge in [-0.2, -0.15) is 0 Å². The molecule has 0 fully saturated rings. The Kier molecular flexibility index (Phi) is 5.11. The maximum absolute atomic E-state index is 12.3. The maximum atomic E-state index is 12.3. The van der Waals surface area contributed by atoms with Crippen LogP contribution in [0, 0.1) is 0 Å². The predicted molar refractivity (Wildman–Crippen MR) is 97.6 cm³/mol. The number of rotatable bonds is 6. The molecular weight excluding hydrogens is 321 g/mol. The summed E-state index contributed by atoms with van der Waals surface area (Å²) in [5.74, 6) is 0. The van der Waals surface area contributed by atoms with Gasteiger partial charge in [0.15, 0.2) is 0 Å². The predicted octanol–water partition coefficient (Wildman–Crippen LogP) is 2.91. The molecule has 2 aromatic carbocycles. The van der Waals surface area contributed by atoms with Crippen LogP contribution < -0.4 is 11.5 Å². The molecule has 0 spiro atoms. The van der Waals surface area contributed by atoms with Crippen molar-refractivity contribution in [3.63, 3.8) is 0 Å². The van der Waals surface area contributed by atoms with Crippen LogP contribution in [0.25, 0.3) is 22.2 Å². The fraction of sp³-hybridized carbons (Fsp3) is 0.211. The number of ether oxygens (including phenoxy) is 1. The van der Waals surface area contributed by atoms with Crippen LogP contribution in [0.4, 0.5) is 15.8 Å². The number of aromatic nitrogens is 1. The second-order valence-electron chi connectivity index (χ2n) is 5.89. The standard InChI is InChI=1S/C19H20FN3O2/c20-9-16(24)11-25-10-14-7-12(1-4-17(14)22)18-5-2-13-8-15(21)3-6-19(13)23-18/h1-8,16,24H,9-11,21-22H2. The van der Waals surface area contributed by atoms with E-state index in [0.717, 1.165) is 27.7 Å². The number of anilines is 2. The van der Waals surface area contributed by atoms with E-state index in [4.69, 9.17) is 16.2 Å². The van der Waals surface area contributed by atoms with E-state index in [-0.39, 0.29) is 13.2 Å². The van der Waals surface area contributed by atoms with Crippen molar-refractivity contribution >= 4 is 22.3 Å². The van der Waals surface area contributed by atoms with Crippen LogP contribution in [0.15, 0.2) is 48.5 Å². The summed E-state index contributed by atoms with van der Waals surface area (Å²) in [5, 5.41) is 10.2. The molecule has 0 aliphatic carbocycles. The molecule has 0 aliphatic rings. The molecule has 3 rings (SSSR count). The average Bonchev–Trinajstić information content (AvgIpc) is 2.62. The third-order valence-corrected chi connectivity index (χ3v) is 3.90. The Morgan fingerprint density at radius 2 is 1.92 bits per heavy atom. The Labute approximate surface area is 145 Å². The van der Waals surface area contributed by atoms with Crippen LogP contribution in [0.1, 0.15) is 5.56 Å². The molecule has 1 aromatic heterocycles. The summed E-state index contributed by atoms with van der Waals surface area (Å²) in [6.45, 7) is -0.711. The number of nitrogen functional groups attached to an aromatic ring is 2. The monoisotopic (exact) mass is 341 g/mol. The van der Waals surface area contributed by atoms with E-state index < -0.39 is 12.8 Å². The summed E-state index contributed by atoms with van der Waals surface area (Å²) in [4.78, 5) is 4.65. The van der Waals surface area contributed by atoms with Crippen LogP contribution in [-0.4, -0.2) is 29.5 Å². The highest BCUT2D eigenvalue weighted by atomic mass is 19.1. The number of halogens is 1. The highest BCUT2D eigenvalue weighted by molar-refractivity contribution is 5.84. The number of benzene rings is 2. The number of aliphatic hydroxyl groups excluding tert-OH is 1. The number of hydrogen-bond acceptors (Lipinski definition) is 5. The third-order valence-electron chi connectivity index (χ3n) is 3.90. The zero-order chi connectivity index (χ0) is 17.8. The van der Waals surface area contributed by atoms with Crippen LogP contribution in [-0.2, 0) is 11.3 Å². The van der Waals surface area contributed by atoms with Crippen molar-refractivity contribution in [2.75, 3.05) is 24.7 Å². The lowest BCUT2D eigenvalue weighted by Gasteiger charge is -2.11. The zero-order valence-corrected chi connectivity index (χ0v) is 13.7. The molecule has 5 nitrogen and oxygen atoms in total. The SMILES string of the molecule is Nc1ccc2nc(-c3ccc(N)c(COCC(O)CF)c3)ccc2c1. The van der Waals surface area contributed by atoms with E-state index >= 15 is 0 Å². The summed E-state index contributed by atoms with van der Waals surface area (Å²) in [5.41, 5.74) is 16.4. The van der Waals surface area contributed by atoms with Crippen LogP contribution >= 0.6 is 0 Å². The van der Waals surface area contributed by atoms with Gasteiger partial charge in [-0.3, -0.25) is 0 Å². The number of alkyl halides is 1. The minimum atomic E-state index is -1.11. The van der Waals surface area contributed by atoms with Gasteiger partial charge >= 0.3 is 0 Å². The molecule has 1 heterocycles. The zero-order valence-electron chi connectivity index (χ0n) is 13.7. The highest BCUT2D eigenvalue weighted by Crippen LogP contribution is 2.25. The van der Waals surface area contributed by atoms with Gasteiger partial charge in [0, 0.05) is 27.9 Å². The minimum Gasteiger partial charge on any atom is -0.399 e. The maximum Gasteiger partial charge on any atom is 0.118 e. The third kappa shape index (κ3) is 4.04. The second-order valence-corrected chi connectivity index (χ2v) is 5.89. The van der Waals surface area contributed by atoms with Gasteiger partial charge in [-0.15, -0.1) is 0 Å². The van der Waals surface area contributed by atoms with Gasteiger partial charge in [0.1, 0.15) is 12.8 Å². The van der Waals surface area contributed by atoms with Gasteiger partial charge in [0.25, 0.3) is 0 Å². The summed E-state index contributed by atoms with van der Waals surface area (Å²) in [6, 6.07) is 15.0. The molecule has 0 saturated heterocycles. The first-order valence-electron chi connectivity index (χ1n) is 7.93. The molecular formula is C19H20FN3O2. The Morgan fingerprint density at radius 3 is 2.72 bits per heavy atom. The van der Waals surface area contributed by atoms with E-state index in [9.17, 15) is 9.50 Å². The summed E-state index contributed by atoms with van der Waals surface area (Å²) in [7, 11) is 0. The summed E-state index contributed by atoms with van der Waals surface area (Å²) >= 11 is 0. The van der Waals surface area contributed by atoms with Gasteiger partial charge < -0.3 is 21.3 Å². The van der Waals surface area contributed by atoms with Crippen molar-refractivity contribution in [1.29, 1.82) is 0 Å². The Morgan fingerprint density at radius 1 is 1.08 bits per heavy atom. The van der Waals surface area contributed by atoms with Gasteiger partial charge in [0.05, 0.1) is 24.4 Å². The quantitative estimate of drug-likeness (QED) is 0.599. The van der Waals surface area contributed by atoms with Crippen molar-refractivity contribution in [3.8, 4) is 11.3 Å². The first kappa shape index (κ1) is 17.1. The van der Waals surface area contributed by atoms with Crippen molar-refractivity contribution in [3.05, 3.63) is 54.1 Å². The van der Waals surface area contributed by atoms with Crippen molar-refractivity contribution in [1.82, 2.24) is 4.98 Å². The largest absolute Gasteiger partial charge is 0.399 e. The van der Waals surface area contributed by atoms with E-state index in [0.29, 0.717) is 11.4 Å². The van der Waals surface area contributed by atoms with Crippen molar-refractivity contribution in [2.24, 2.45) is 0 Å². The molecule has 130 valence electrons. The molecule has 25 heavy (non-hydrogen) atoms. The van der Waals surface area contributed by atoms with Gasteiger partial charge in [-0.25, -0.2) is 9.37 Å². The summed E-state index contributed by atoms with van der Waals surface area (Å²) < 4.78 is 17.6. The Balaban J connectivity index is 1.85. The molecule has 6 heteroatoms. The lowest BCUT2D eigenvalue weighted by atomic mass is 10.0.